The highest BCUT2D eigenvalue weighted by Crippen LogP contribution is 2.36. The number of hydrogen-bond acceptors (Lipinski definition) is 2. The molecule has 1 aromatic carbocycles. The second-order valence-electron chi connectivity index (χ2n) is 5.39. The Hall–Kier alpha value is -1.62. The van der Waals surface area contributed by atoms with Gasteiger partial charge in [-0.25, -0.2) is 9.18 Å². The zero-order chi connectivity index (χ0) is 14.0. The lowest BCUT2D eigenvalue weighted by Gasteiger charge is -2.42. The summed E-state index contributed by atoms with van der Waals surface area (Å²) < 4.78 is 12.9. The van der Waals surface area contributed by atoms with Gasteiger partial charge in [-0.1, -0.05) is 32.9 Å². The molecule has 4 nitrogen and oxygen atoms in total. The van der Waals surface area contributed by atoms with E-state index in [0.717, 1.165) is 0 Å². The molecule has 0 fully saturated rings. The van der Waals surface area contributed by atoms with Crippen molar-refractivity contribution >= 4 is 6.09 Å². The maximum Gasteiger partial charge on any atom is 0.404 e. The number of benzene rings is 1. The highest BCUT2D eigenvalue weighted by molar-refractivity contribution is 5.64. The Kier molecular flexibility index (Phi) is 3.96. The van der Waals surface area contributed by atoms with Crippen LogP contribution in [0.1, 0.15) is 26.3 Å². The Morgan fingerprint density at radius 2 is 1.83 bits per heavy atom. The lowest BCUT2D eigenvalue weighted by atomic mass is 9.70. The summed E-state index contributed by atoms with van der Waals surface area (Å²) in [4.78, 5) is 10.6. The number of halogens is 1. The molecule has 1 unspecified atom stereocenters. The van der Waals surface area contributed by atoms with Gasteiger partial charge in [0.15, 0.2) is 0 Å². The van der Waals surface area contributed by atoms with Gasteiger partial charge in [-0.2, -0.15) is 0 Å². The van der Waals surface area contributed by atoms with E-state index in [0.29, 0.717) is 5.56 Å². The molecule has 18 heavy (non-hydrogen) atoms. The zero-order valence-electron chi connectivity index (χ0n) is 10.8. The van der Waals surface area contributed by atoms with Gasteiger partial charge in [-0.3, -0.25) is 0 Å². The fourth-order valence-corrected chi connectivity index (χ4v) is 1.76. The zero-order valence-corrected chi connectivity index (χ0v) is 10.8. The summed E-state index contributed by atoms with van der Waals surface area (Å²) in [5.41, 5.74) is 5.76. The van der Waals surface area contributed by atoms with Crippen molar-refractivity contribution in [1.82, 2.24) is 5.32 Å². The molecule has 1 amide bonds. The Balaban J connectivity index is 3.12. The molecule has 0 aliphatic rings. The summed E-state index contributed by atoms with van der Waals surface area (Å²) in [5.74, 6) is -0.346. The lowest BCUT2D eigenvalue weighted by molar-refractivity contribution is 0.163. The average Bonchev–Trinajstić information content (AvgIpc) is 2.25. The predicted octanol–water partition coefficient (Wildman–Crippen LogP) is 2.29. The second-order valence-corrected chi connectivity index (χ2v) is 5.39. The Labute approximate surface area is 106 Å². The number of nitrogens with two attached hydrogens (primary N) is 1. The van der Waals surface area contributed by atoms with Gasteiger partial charge < -0.3 is 16.2 Å². The molecule has 1 aromatic rings. The number of amides is 1. The molecule has 1 rings (SSSR count). The van der Waals surface area contributed by atoms with Gasteiger partial charge in [-0.15, -0.1) is 0 Å². The van der Waals surface area contributed by atoms with Crippen LogP contribution in [0.25, 0.3) is 0 Å². The van der Waals surface area contributed by atoms with Crippen molar-refractivity contribution in [2.75, 3.05) is 6.54 Å². The molecular formula is C13H19FN2O2. The molecule has 0 aromatic heterocycles. The monoisotopic (exact) mass is 254 g/mol. The molecule has 0 heterocycles. The van der Waals surface area contributed by atoms with E-state index in [2.05, 4.69) is 5.32 Å². The van der Waals surface area contributed by atoms with E-state index in [1.807, 2.05) is 20.8 Å². The molecule has 4 N–H and O–H groups in total. The van der Waals surface area contributed by atoms with Gasteiger partial charge in [0.1, 0.15) is 5.82 Å². The predicted molar refractivity (Wildman–Crippen MR) is 67.7 cm³/mol. The lowest BCUT2D eigenvalue weighted by Crippen LogP contribution is -2.55. The molecule has 100 valence electrons. The quantitative estimate of drug-likeness (QED) is 0.774. The van der Waals surface area contributed by atoms with Crippen LogP contribution in [-0.4, -0.2) is 17.7 Å². The van der Waals surface area contributed by atoms with E-state index in [4.69, 9.17) is 10.8 Å². The summed E-state index contributed by atoms with van der Waals surface area (Å²) in [6, 6.07) is 5.82. The Morgan fingerprint density at radius 1 is 1.33 bits per heavy atom. The second kappa shape index (κ2) is 4.94. The van der Waals surface area contributed by atoms with Crippen molar-refractivity contribution in [2.45, 2.75) is 26.3 Å². The minimum absolute atomic E-state index is 0.0669. The number of carboxylic acid groups (broad SMARTS) is 1. The molecule has 0 aliphatic carbocycles. The van der Waals surface area contributed by atoms with Crippen LogP contribution in [0, 0.1) is 11.2 Å². The summed E-state index contributed by atoms with van der Waals surface area (Å²) in [6.45, 7) is 5.82. The molecule has 0 saturated heterocycles. The van der Waals surface area contributed by atoms with E-state index in [1.54, 1.807) is 12.1 Å². The fourth-order valence-electron chi connectivity index (χ4n) is 1.76. The minimum Gasteiger partial charge on any atom is -0.465 e. The third-order valence-corrected chi connectivity index (χ3v) is 3.22. The third-order valence-electron chi connectivity index (χ3n) is 3.22. The largest absolute Gasteiger partial charge is 0.465 e. The summed E-state index contributed by atoms with van der Waals surface area (Å²) >= 11 is 0. The summed E-state index contributed by atoms with van der Waals surface area (Å²) in [5, 5.41) is 11.0. The molecule has 5 heteroatoms. The molecule has 0 spiro atoms. The van der Waals surface area contributed by atoms with E-state index < -0.39 is 11.6 Å². The first kappa shape index (κ1) is 14.4. The van der Waals surface area contributed by atoms with Crippen LogP contribution in [0.15, 0.2) is 24.3 Å². The van der Waals surface area contributed by atoms with E-state index >= 15 is 0 Å². The van der Waals surface area contributed by atoms with Crippen molar-refractivity contribution in [3.63, 3.8) is 0 Å². The first-order valence-electron chi connectivity index (χ1n) is 5.68. The number of carbonyl (C=O) groups is 1. The van der Waals surface area contributed by atoms with E-state index in [1.165, 1.54) is 12.1 Å². The number of hydrogen-bond donors (Lipinski definition) is 3. The molecule has 0 bridgehead atoms. The molecule has 0 radical (unpaired) electrons. The first-order valence-corrected chi connectivity index (χ1v) is 5.68. The van der Waals surface area contributed by atoms with Gasteiger partial charge in [0.05, 0.1) is 5.54 Å². The maximum atomic E-state index is 12.9. The van der Waals surface area contributed by atoms with Crippen molar-refractivity contribution in [1.29, 1.82) is 0 Å². The van der Waals surface area contributed by atoms with Gasteiger partial charge in [0, 0.05) is 6.54 Å². The molecule has 1 atom stereocenters. The SMILES string of the molecule is CC(C)(C)C(N)(CNC(=O)O)c1ccc(F)cc1. The van der Waals surface area contributed by atoms with Gasteiger partial charge >= 0.3 is 6.09 Å². The van der Waals surface area contributed by atoms with Crippen LogP contribution >= 0.6 is 0 Å². The first-order chi connectivity index (χ1) is 8.17. The topological polar surface area (TPSA) is 75.3 Å². The average molecular weight is 254 g/mol. The highest BCUT2D eigenvalue weighted by atomic mass is 19.1. The van der Waals surface area contributed by atoms with Crippen LogP contribution in [0.4, 0.5) is 9.18 Å². The van der Waals surface area contributed by atoms with Gasteiger partial charge in [0.25, 0.3) is 0 Å². The van der Waals surface area contributed by atoms with Crippen LogP contribution in [0.2, 0.25) is 0 Å². The van der Waals surface area contributed by atoms with Gasteiger partial charge in [0.2, 0.25) is 0 Å². The summed E-state index contributed by atoms with van der Waals surface area (Å²) in [6.07, 6.45) is -1.13. The fraction of sp³-hybridized carbons (Fsp3) is 0.462. The third kappa shape index (κ3) is 2.98. The normalized spacial score (nSPS) is 14.9. The molecule has 0 saturated carbocycles. The molecule has 0 aliphatic heterocycles. The van der Waals surface area contributed by atoms with Crippen LogP contribution in [-0.2, 0) is 5.54 Å². The number of rotatable bonds is 3. The Morgan fingerprint density at radius 3 is 2.22 bits per heavy atom. The van der Waals surface area contributed by atoms with Crippen LogP contribution < -0.4 is 11.1 Å². The smallest absolute Gasteiger partial charge is 0.404 e. The van der Waals surface area contributed by atoms with E-state index in [-0.39, 0.29) is 17.8 Å². The minimum atomic E-state index is -1.13. The van der Waals surface area contributed by atoms with Crippen molar-refractivity contribution < 1.29 is 14.3 Å². The number of nitrogens with one attached hydrogen (secondary N) is 1. The van der Waals surface area contributed by atoms with Crippen LogP contribution in [0.5, 0.6) is 0 Å². The maximum absolute atomic E-state index is 12.9. The van der Waals surface area contributed by atoms with Crippen LogP contribution in [0.3, 0.4) is 0 Å². The molecular weight excluding hydrogens is 235 g/mol. The van der Waals surface area contributed by atoms with Gasteiger partial charge in [-0.05, 0) is 23.1 Å². The summed E-state index contributed by atoms with van der Waals surface area (Å²) in [7, 11) is 0. The van der Waals surface area contributed by atoms with Crippen molar-refractivity contribution in [3.8, 4) is 0 Å². The highest BCUT2D eigenvalue weighted by Gasteiger charge is 2.40. The Bertz CT molecular complexity index is 426. The van der Waals surface area contributed by atoms with E-state index in [9.17, 15) is 9.18 Å². The van der Waals surface area contributed by atoms with Crippen molar-refractivity contribution in [2.24, 2.45) is 11.1 Å². The standard InChI is InChI=1S/C13H19FN2O2/c1-12(2,3)13(15,8-16-11(17)18)9-4-6-10(14)7-5-9/h4-7,16H,8,15H2,1-3H3,(H,17,18). The van der Waals surface area contributed by atoms with Crippen molar-refractivity contribution in [3.05, 3.63) is 35.6 Å².